The molecule has 3 unspecified atom stereocenters. The fourth-order valence-corrected chi connectivity index (χ4v) is 4.65. The lowest BCUT2D eigenvalue weighted by molar-refractivity contribution is 0.0333. The fraction of sp³-hybridized carbons (Fsp3) is 0.476. The Labute approximate surface area is 148 Å². The molecule has 0 saturated carbocycles. The van der Waals surface area contributed by atoms with Gasteiger partial charge in [-0.25, -0.2) is 9.37 Å². The smallest absolute Gasteiger partial charge is 0.213 e. The molecular weight excluding hydrogens is 315 g/mol. The first-order chi connectivity index (χ1) is 12.2. The molecule has 2 aliphatic rings. The molecule has 4 atom stereocenters. The van der Waals surface area contributed by atoms with Crippen molar-refractivity contribution in [1.29, 1.82) is 0 Å². The number of piperidine rings is 1. The first-order valence-electron chi connectivity index (χ1n) is 9.29. The van der Waals surface area contributed by atoms with Crippen molar-refractivity contribution in [3.8, 4) is 5.88 Å². The highest BCUT2D eigenvalue weighted by Gasteiger charge is 2.44. The number of benzene rings is 1. The van der Waals surface area contributed by atoms with Gasteiger partial charge in [0.15, 0.2) is 0 Å². The molecule has 0 amide bonds. The number of nitrogens with zero attached hydrogens (tertiary/aromatic N) is 2. The van der Waals surface area contributed by atoms with Gasteiger partial charge >= 0.3 is 0 Å². The van der Waals surface area contributed by atoms with Gasteiger partial charge in [-0.3, -0.25) is 4.90 Å². The summed E-state index contributed by atoms with van der Waals surface area (Å²) in [6.07, 6.45) is 6.18. The zero-order valence-corrected chi connectivity index (χ0v) is 14.6. The summed E-state index contributed by atoms with van der Waals surface area (Å²) in [4.78, 5) is 6.73. The lowest BCUT2D eigenvalue weighted by atomic mass is 9.88. The Hall–Kier alpha value is -1.94. The molecule has 1 aromatic carbocycles. The van der Waals surface area contributed by atoms with E-state index in [0.29, 0.717) is 36.5 Å². The van der Waals surface area contributed by atoms with Gasteiger partial charge in [-0.05, 0) is 44.2 Å². The maximum absolute atomic E-state index is 13.0. The van der Waals surface area contributed by atoms with Gasteiger partial charge in [-0.1, -0.05) is 30.3 Å². The fourth-order valence-electron chi connectivity index (χ4n) is 4.65. The molecule has 2 bridgehead atoms. The number of aromatic nitrogens is 1. The van der Waals surface area contributed by atoms with Crippen molar-refractivity contribution in [2.24, 2.45) is 5.92 Å². The van der Waals surface area contributed by atoms with E-state index < -0.39 is 0 Å². The van der Waals surface area contributed by atoms with E-state index in [-0.39, 0.29) is 5.82 Å². The summed E-state index contributed by atoms with van der Waals surface area (Å²) in [5.74, 6) is 0.701. The predicted octanol–water partition coefficient (Wildman–Crippen LogP) is 4.60. The second-order valence-corrected chi connectivity index (χ2v) is 7.30. The van der Waals surface area contributed by atoms with E-state index in [9.17, 15) is 4.39 Å². The second kappa shape index (κ2) is 7.12. The molecule has 0 spiro atoms. The molecule has 3 heterocycles. The summed E-state index contributed by atoms with van der Waals surface area (Å²) >= 11 is 0. The SMILES string of the molecule is C[C@H](c1ccccc1)N1C2CCC(COc3ccc(F)cn3)C1CC2. The molecule has 4 rings (SSSR count). The van der Waals surface area contributed by atoms with Crippen LogP contribution in [-0.2, 0) is 0 Å². The molecule has 132 valence electrons. The molecule has 2 fully saturated rings. The number of hydrogen-bond donors (Lipinski definition) is 0. The number of fused-ring (bicyclic) bond motifs is 2. The molecule has 4 heteroatoms. The van der Waals surface area contributed by atoms with Crippen LogP contribution in [0.3, 0.4) is 0 Å². The summed E-state index contributed by atoms with van der Waals surface area (Å²) in [5.41, 5.74) is 1.39. The third-order valence-electron chi connectivity index (χ3n) is 5.89. The Morgan fingerprint density at radius 1 is 1.12 bits per heavy atom. The molecule has 0 N–H and O–H groups in total. The third-order valence-corrected chi connectivity index (χ3v) is 5.89. The van der Waals surface area contributed by atoms with Crippen LogP contribution in [0, 0.1) is 11.7 Å². The largest absolute Gasteiger partial charge is 0.477 e. The number of halogens is 1. The van der Waals surface area contributed by atoms with Crippen LogP contribution in [0.4, 0.5) is 4.39 Å². The molecular formula is C21H25FN2O. The van der Waals surface area contributed by atoms with Crippen LogP contribution in [0.25, 0.3) is 0 Å². The van der Waals surface area contributed by atoms with E-state index in [1.165, 1.54) is 43.5 Å². The van der Waals surface area contributed by atoms with Crippen molar-refractivity contribution < 1.29 is 9.13 Å². The van der Waals surface area contributed by atoms with Gasteiger partial charge in [-0.15, -0.1) is 0 Å². The summed E-state index contributed by atoms with van der Waals surface area (Å²) in [5, 5.41) is 0. The minimum atomic E-state index is -0.327. The lowest BCUT2D eigenvalue weighted by Gasteiger charge is -2.43. The standard InChI is InChI=1S/C21H25FN2O/c1-15(16-5-3-2-4-6-16)24-19-9-7-17(20(24)11-10-19)14-25-21-12-8-18(22)13-23-21/h2-6,8,12-13,15,17,19-20H,7,9-11,14H2,1H3/t15-,17?,19?,20?/m1/s1. The molecule has 2 aromatic rings. The van der Waals surface area contributed by atoms with E-state index in [2.05, 4.69) is 47.1 Å². The van der Waals surface area contributed by atoms with Crippen LogP contribution < -0.4 is 4.74 Å². The van der Waals surface area contributed by atoms with Crippen molar-refractivity contribution in [2.75, 3.05) is 6.61 Å². The predicted molar refractivity (Wildman–Crippen MR) is 95.9 cm³/mol. The van der Waals surface area contributed by atoms with E-state index in [0.717, 1.165) is 0 Å². The van der Waals surface area contributed by atoms with Gasteiger partial charge in [-0.2, -0.15) is 0 Å². The Balaban J connectivity index is 1.45. The molecule has 3 nitrogen and oxygen atoms in total. The van der Waals surface area contributed by atoms with Crippen molar-refractivity contribution in [1.82, 2.24) is 9.88 Å². The van der Waals surface area contributed by atoms with Crippen molar-refractivity contribution in [3.63, 3.8) is 0 Å². The Kier molecular flexibility index (Phi) is 4.71. The molecule has 2 saturated heterocycles. The maximum Gasteiger partial charge on any atom is 0.213 e. The summed E-state index contributed by atoms with van der Waals surface area (Å²) in [7, 11) is 0. The highest BCUT2D eigenvalue weighted by molar-refractivity contribution is 5.20. The van der Waals surface area contributed by atoms with Crippen LogP contribution in [0.15, 0.2) is 48.7 Å². The minimum absolute atomic E-state index is 0.327. The molecule has 0 aliphatic carbocycles. The number of hydrogen-bond acceptors (Lipinski definition) is 3. The molecule has 2 aliphatic heterocycles. The Bertz CT molecular complexity index is 691. The summed E-state index contributed by atoms with van der Waals surface area (Å²) in [6, 6.07) is 15.5. The third kappa shape index (κ3) is 3.40. The van der Waals surface area contributed by atoms with Crippen molar-refractivity contribution in [3.05, 3.63) is 60.0 Å². The van der Waals surface area contributed by atoms with Gasteiger partial charge in [0.05, 0.1) is 12.8 Å². The van der Waals surface area contributed by atoms with Gasteiger partial charge in [0.25, 0.3) is 0 Å². The van der Waals surface area contributed by atoms with Crippen LogP contribution in [0.2, 0.25) is 0 Å². The first kappa shape index (κ1) is 16.5. The molecule has 1 aromatic heterocycles. The van der Waals surface area contributed by atoms with Gasteiger partial charge in [0.1, 0.15) is 5.82 Å². The minimum Gasteiger partial charge on any atom is -0.477 e. The van der Waals surface area contributed by atoms with Crippen LogP contribution in [-0.4, -0.2) is 28.6 Å². The molecule has 0 radical (unpaired) electrons. The Morgan fingerprint density at radius 3 is 2.68 bits per heavy atom. The Morgan fingerprint density at radius 2 is 1.92 bits per heavy atom. The normalized spacial score (nSPS) is 27.2. The second-order valence-electron chi connectivity index (χ2n) is 7.30. The van der Waals surface area contributed by atoms with Crippen molar-refractivity contribution >= 4 is 0 Å². The monoisotopic (exact) mass is 340 g/mol. The molecule has 25 heavy (non-hydrogen) atoms. The highest BCUT2D eigenvalue weighted by atomic mass is 19.1. The van der Waals surface area contributed by atoms with Crippen LogP contribution in [0.1, 0.15) is 44.2 Å². The quantitative estimate of drug-likeness (QED) is 0.795. The lowest BCUT2D eigenvalue weighted by Crippen LogP contribution is -2.47. The number of rotatable bonds is 5. The van der Waals surface area contributed by atoms with E-state index in [1.807, 2.05) is 0 Å². The van der Waals surface area contributed by atoms with E-state index in [1.54, 1.807) is 6.07 Å². The van der Waals surface area contributed by atoms with Gasteiger partial charge in [0.2, 0.25) is 5.88 Å². The maximum atomic E-state index is 13.0. The van der Waals surface area contributed by atoms with Crippen LogP contribution in [0.5, 0.6) is 5.88 Å². The number of ether oxygens (including phenoxy) is 1. The van der Waals surface area contributed by atoms with E-state index in [4.69, 9.17) is 4.74 Å². The zero-order valence-electron chi connectivity index (χ0n) is 14.6. The van der Waals surface area contributed by atoms with E-state index >= 15 is 0 Å². The van der Waals surface area contributed by atoms with Gasteiger partial charge < -0.3 is 4.74 Å². The first-order valence-corrected chi connectivity index (χ1v) is 9.29. The van der Waals surface area contributed by atoms with Crippen LogP contribution >= 0.6 is 0 Å². The average Bonchev–Trinajstić information content (AvgIpc) is 2.96. The zero-order chi connectivity index (χ0) is 17.2. The summed E-state index contributed by atoms with van der Waals surface area (Å²) < 4.78 is 18.9. The average molecular weight is 340 g/mol. The summed E-state index contributed by atoms with van der Waals surface area (Å²) in [6.45, 7) is 2.99. The van der Waals surface area contributed by atoms with Crippen molar-refractivity contribution in [2.45, 2.75) is 50.7 Å². The van der Waals surface area contributed by atoms with Gasteiger partial charge in [0, 0.05) is 30.1 Å². The number of pyridine rings is 1. The topological polar surface area (TPSA) is 25.4 Å². The highest BCUT2D eigenvalue weighted by Crippen LogP contribution is 2.44.